The van der Waals surface area contributed by atoms with Crippen molar-refractivity contribution in [3.63, 3.8) is 0 Å². The largest absolute Gasteiger partial charge is 0.493 e. The van der Waals surface area contributed by atoms with Gasteiger partial charge in [0.05, 0.1) is 7.11 Å². The summed E-state index contributed by atoms with van der Waals surface area (Å²) >= 11 is 0. The van der Waals surface area contributed by atoms with Crippen LogP contribution in [0.15, 0.2) is 12.1 Å². The molecule has 2 aliphatic rings. The van der Waals surface area contributed by atoms with Gasteiger partial charge in [-0.2, -0.15) is 0 Å². The molecule has 0 aromatic heterocycles. The molecule has 0 amide bonds. The van der Waals surface area contributed by atoms with Gasteiger partial charge in [0, 0.05) is 12.1 Å². The number of ether oxygens (including phenoxy) is 3. The average molecular weight is 249 g/mol. The maximum atomic E-state index is 5.42. The molecule has 3 rings (SSSR count). The molecule has 1 aromatic rings. The zero-order valence-corrected chi connectivity index (χ0v) is 10.9. The highest BCUT2D eigenvalue weighted by Gasteiger charge is 2.31. The third-order valence-electron chi connectivity index (χ3n) is 3.89. The fourth-order valence-corrected chi connectivity index (χ4v) is 2.49. The fraction of sp³-hybridized carbons (Fsp3) is 0.571. The molecule has 4 nitrogen and oxygen atoms in total. The van der Waals surface area contributed by atoms with E-state index in [9.17, 15) is 0 Å². The van der Waals surface area contributed by atoms with Gasteiger partial charge in [-0.3, -0.25) is 0 Å². The van der Waals surface area contributed by atoms with Crippen LogP contribution < -0.4 is 19.5 Å². The van der Waals surface area contributed by atoms with E-state index in [0.717, 1.165) is 23.8 Å². The molecule has 0 atom stereocenters. The van der Waals surface area contributed by atoms with Gasteiger partial charge in [-0.25, -0.2) is 0 Å². The van der Waals surface area contributed by atoms with Crippen LogP contribution in [0, 0.1) is 0 Å². The Bertz CT molecular complexity index is 455. The van der Waals surface area contributed by atoms with E-state index >= 15 is 0 Å². The first-order chi connectivity index (χ1) is 8.70. The summed E-state index contributed by atoms with van der Waals surface area (Å²) in [6.45, 7) is 3.39. The predicted molar refractivity (Wildman–Crippen MR) is 68.2 cm³/mol. The Kier molecular flexibility index (Phi) is 2.82. The maximum Gasteiger partial charge on any atom is 0.231 e. The molecule has 1 fully saturated rings. The lowest BCUT2D eigenvalue weighted by Crippen LogP contribution is -2.47. The molecule has 0 unspecified atom stereocenters. The molecule has 1 heterocycles. The number of nitrogens with one attached hydrogen (secondary N) is 1. The lowest BCUT2D eigenvalue weighted by Gasteiger charge is -2.39. The zero-order chi connectivity index (χ0) is 12.6. The van der Waals surface area contributed by atoms with E-state index in [1.165, 1.54) is 24.8 Å². The van der Waals surface area contributed by atoms with Gasteiger partial charge in [-0.15, -0.1) is 0 Å². The van der Waals surface area contributed by atoms with Crippen molar-refractivity contribution in [2.75, 3.05) is 13.9 Å². The number of benzene rings is 1. The van der Waals surface area contributed by atoms with Gasteiger partial charge >= 0.3 is 0 Å². The molecule has 1 aliphatic carbocycles. The molecule has 98 valence electrons. The summed E-state index contributed by atoms with van der Waals surface area (Å²) in [5, 5.41) is 3.60. The van der Waals surface area contributed by atoms with Crippen molar-refractivity contribution in [3.05, 3.63) is 17.7 Å². The lowest BCUT2D eigenvalue weighted by atomic mass is 9.78. The van der Waals surface area contributed by atoms with E-state index in [1.54, 1.807) is 7.11 Å². The van der Waals surface area contributed by atoms with Gasteiger partial charge in [0.15, 0.2) is 11.5 Å². The molecule has 0 bridgehead atoms. The summed E-state index contributed by atoms with van der Waals surface area (Å²) in [5.74, 6) is 2.25. The van der Waals surface area contributed by atoms with Gasteiger partial charge in [0.25, 0.3) is 0 Å². The maximum absolute atomic E-state index is 5.42. The van der Waals surface area contributed by atoms with Gasteiger partial charge in [-0.1, -0.05) is 0 Å². The van der Waals surface area contributed by atoms with Crippen molar-refractivity contribution in [3.8, 4) is 17.2 Å². The van der Waals surface area contributed by atoms with E-state index in [0.29, 0.717) is 5.54 Å². The molecule has 18 heavy (non-hydrogen) atoms. The molecule has 1 saturated carbocycles. The number of hydrogen-bond donors (Lipinski definition) is 1. The first-order valence-corrected chi connectivity index (χ1v) is 6.42. The lowest BCUT2D eigenvalue weighted by molar-refractivity contribution is 0.171. The fourth-order valence-electron chi connectivity index (χ4n) is 2.49. The minimum Gasteiger partial charge on any atom is -0.493 e. The van der Waals surface area contributed by atoms with E-state index in [-0.39, 0.29) is 6.79 Å². The smallest absolute Gasteiger partial charge is 0.231 e. The van der Waals surface area contributed by atoms with Crippen LogP contribution in [0.1, 0.15) is 31.7 Å². The second-order valence-electron chi connectivity index (χ2n) is 5.30. The summed E-state index contributed by atoms with van der Waals surface area (Å²) < 4.78 is 16.1. The van der Waals surface area contributed by atoms with Crippen LogP contribution in [0.25, 0.3) is 0 Å². The molecule has 0 spiro atoms. The standard InChI is InChI=1S/C14H19NO3/c1-14(4-3-5-14)15-8-10-6-11(16-2)13-12(7-10)17-9-18-13/h6-7,15H,3-5,8-9H2,1-2H3. The van der Waals surface area contributed by atoms with Gasteiger partial charge in [0.1, 0.15) is 0 Å². The topological polar surface area (TPSA) is 39.7 Å². The number of fused-ring (bicyclic) bond motifs is 1. The first-order valence-electron chi connectivity index (χ1n) is 6.42. The minimum atomic E-state index is 0.278. The Labute approximate surface area is 107 Å². The first kappa shape index (κ1) is 11.7. The molecule has 1 N–H and O–H groups in total. The third-order valence-corrected chi connectivity index (χ3v) is 3.89. The highest BCUT2D eigenvalue weighted by molar-refractivity contribution is 5.55. The highest BCUT2D eigenvalue weighted by atomic mass is 16.7. The van der Waals surface area contributed by atoms with Crippen molar-refractivity contribution >= 4 is 0 Å². The van der Waals surface area contributed by atoms with Crippen molar-refractivity contribution in [2.45, 2.75) is 38.3 Å². The van der Waals surface area contributed by atoms with Crippen LogP contribution in [-0.2, 0) is 6.54 Å². The SMILES string of the molecule is COc1cc(CNC2(C)CCC2)cc2c1OCO2. The number of hydrogen-bond acceptors (Lipinski definition) is 4. The summed E-state index contributed by atoms with van der Waals surface area (Å²) in [6.07, 6.45) is 3.84. The quantitative estimate of drug-likeness (QED) is 0.889. The highest BCUT2D eigenvalue weighted by Crippen LogP contribution is 2.42. The van der Waals surface area contributed by atoms with E-state index in [2.05, 4.69) is 12.2 Å². The Balaban J connectivity index is 1.76. The van der Waals surface area contributed by atoms with Crippen LogP contribution in [0.4, 0.5) is 0 Å². The Morgan fingerprint density at radius 1 is 1.33 bits per heavy atom. The Morgan fingerprint density at radius 2 is 2.17 bits per heavy atom. The Hall–Kier alpha value is -1.42. The van der Waals surface area contributed by atoms with Crippen molar-refractivity contribution in [2.24, 2.45) is 0 Å². The zero-order valence-electron chi connectivity index (χ0n) is 10.9. The van der Waals surface area contributed by atoms with Crippen LogP contribution >= 0.6 is 0 Å². The molecule has 1 aliphatic heterocycles. The van der Waals surface area contributed by atoms with Crippen molar-refractivity contribution < 1.29 is 14.2 Å². The van der Waals surface area contributed by atoms with E-state index < -0.39 is 0 Å². The molecule has 1 aromatic carbocycles. The second kappa shape index (κ2) is 4.35. The van der Waals surface area contributed by atoms with Crippen molar-refractivity contribution in [1.29, 1.82) is 0 Å². The van der Waals surface area contributed by atoms with Crippen LogP contribution in [-0.4, -0.2) is 19.4 Å². The average Bonchev–Trinajstić information content (AvgIpc) is 2.81. The third kappa shape index (κ3) is 2.01. The molecule has 0 saturated heterocycles. The summed E-state index contributed by atoms with van der Waals surface area (Å²) in [7, 11) is 1.65. The van der Waals surface area contributed by atoms with Gasteiger partial charge < -0.3 is 19.5 Å². The molecular weight excluding hydrogens is 230 g/mol. The second-order valence-corrected chi connectivity index (χ2v) is 5.30. The van der Waals surface area contributed by atoms with Crippen LogP contribution in [0.3, 0.4) is 0 Å². The van der Waals surface area contributed by atoms with E-state index in [1.807, 2.05) is 12.1 Å². The van der Waals surface area contributed by atoms with Crippen LogP contribution in [0.5, 0.6) is 17.2 Å². The monoisotopic (exact) mass is 249 g/mol. The van der Waals surface area contributed by atoms with Gasteiger partial charge in [0.2, 0.25) is 12.5 Å². The minimum absolute atomic E-state index is 0.278. The molecule has 4 heteroatoms. The molecular formula is C14H19NO3. The summed E-state index contributed by atoms with van der Waals surface area (Å²) in [6, 6.07) is 4.04. The number of rotatable bonds is 4. The normalized spacial score (nSPS) is 19.4. The summed E-state index contributed by atoms with van der Waals surface area (Å²) in [4.78, 5) is 0. The predicted octanol–water partition coefficient (Wildman–Crippen LogP) is 2.46. The van der Waals surface area contributed by atoms with Crippen LogP contribution in [0.2, 0.25) is 0 Å². The van der Waals surface area contributed by atoms with E-state index in [4.69, 9.17) is 14.2 Å². The molecule has 0 radical (unpaired) electrons. The number of methoxy groups -OCH3 is 1. The van der Waals surface area contributed by atoms with Gasteiger partial charge in [-0.05, 0) is 43.9 Å². The van der Waals surface area contributed by atoms with Crippen molar-refractivity contribution in [1.82, 2.24) is 5.32 Å². The summed E-state index contributed by atoms with van der Waals surface area (Å²) in [5.41, 5.74) is 1.48. The Morgan fingerprint density at radius 3 is 2.83 bits per heavy atom.